The summed E-state index contributed by atoms with van der Waals surface area (Å²) in [6.07, 6.45) is 16.6. The Kier molecular flexibility index (Phi) is 27.2. The van der Waals surface area contributed by atoms with E-state index < -0.39 is 68.3 Å². The van der Waals surface area contributed by atoms with Crippen LogP contribution in [0.25, 0.3) is 0 Å². The second-order valence-electron chi connectivity index (χ2n) is 16.9. The largest absolute Gasteiger partial charge is 0.403 e. The van der Waals surface area contributed by atoms with Gasteiger partial charge in [-0.1, -0.05) is 181 Å². The number of nitrogens with one attached hydrogen (secondary N) is 1. The lowest BCUT2D eigenvalue weighted by Gasteiger charge is -2.40. The fourth-order valence-corrected chi connectivity index (χ4v) is 8.48. The summed E-state index contributed by atoms with van der Waals surface area (Å²) in [6.45, 7) is 3.55. The van der Waals surface area contributed by atoms with E-state index in [9.17, 15) is 38.7 Å². The molecule has 6 N–H and O–H groups in total. The second-order valence-corrected chi connectivity index (χ2v) is 16.9. The minimum atomic E-state index is -4.54. The quantitative estimate of drug-likeness (QED) is 0.0373. The van der Waals surface area contributed by atoms with Crippen LogP contribution in [0.15, 0.2) is 0 Å². The third-order valence-corrected chi connectivity index (χ3v) is 12.3. The van der Waals surface area contributed by atoms with Gasteiger partial charge in [0.1, 0.15) is 30.5 Å². The molecule has 2 aliphatic rings. The predicted octanol–water partition coefficient (Wildman–Crippen LogP) is 9.26. The van der Waals surface area contributed by atoms with Gasteiger partial charge in [-0.25, -0.2) is 0 Å². The Hall–Kier alpha value is -0.530. The Morgan fingerprint density at radius 1 is 0.685 bits per heavy atom. The van der Waals surface area contributed by atoms with Crippen LogP contribution in [0, 0.1) is 11.8 Å². The number of halogens is 3. The van der Waals surface area contributed by atoms with E-state index >= 15 is 0 Å². The predicted molar refractivity (Wildman–Crippen MR) is 210 cm³/mol. The van der Waals surface area contributed by atoms with Crippen molar-refractivity contribution in [3.8, 4) is 0 Å². The van der Waals surface area contributed by atoms with Crippen molar-refractivity contribution in [2.24, 2.45) is 11.8 Å². The van der Waals surface area contributed by atoms with Crippen molar-refractivity contribution in [3.63, 3.8) is 0 Å². The van der Waals surface area contributed by atoms with Gasteiger partial charge in [0.15, 0.2) is 6.29 Å². The summed E-state index contributed by atoms with van der Waals surface area (Å²) in [5.41, 5.74) is 0. The highest BCUT2D eigenvalue weighted by Crippen LogP contribution is 2.33. The minimum absolute atomic E-state index is 0.120. The molecule has 0 radical (unpaired) electrons. The van der Waals surface area contributed by atoms with Crippen LogP contribution in [0.5, 0.6) is 0 Å². The lowest BCUT2D eigenvalue weighted by Crippen LogP contribution is -2.60. The molecule has 0 spiro atoms. The van der Waals surface area contributed by atoms with Gasteiger partial charge in [-0.15, -0.1) is 0 Å². The van der Waals surface area contributed by atoms with Gasteiger partial charge in [0.05, 0.1) is 25.4 Å². The van der Waals surface area contributed by atoms with Gasteiger partial charge < -0.3 is 35.0 Å². The molecule has 1 aliphatic heterocycles. The molecule has 0 aromatic rings. The summed E-state index contributed by atoms with van der Waals surface area (Å²) in [4.78, 5) is 0. The van der Waals surface area contributed by atoms with Crippen LogP contribution < -0.4 is 5.32 Å². The maximum absolute atomic E-state index is 14.3. The molecule has 1 aliphatic carbocycles. The third kappa shape index (κ3) is 20.8. The van der Waals surface area contributed by atoms with Crippen LogP contribution in [0.2, 0.25) is 0 Å². The number of ether oxygens (including phenoxy) is 2. The van der Waals surface area contributed by atoms with E-state index in [1.807, 2.05) is 0 Å². The molecule has 54 heavy (non-hydrogen) atoms. The molecule has 0 aromatic heterocycles. The zero-order valence-electron chi connectivity index (χ0n) is 34.2. The van der Waals surface area contributed by atoms with Crippen molar-refractivity contribution in [1.82, 2.24) is 5.32 Å². The van der Waals surface area contributed by atoms with Gasteiger partial charge >= 0.3 is 6.18 Å². The van der Waals surface area contributed by atoms with E-state index in [0.29, 0.717) is 19.3 Å². The molecule has 1 heterocycles. The zero-order valence-corrected chi connectivity index (χ0v) is 34.2. The standard InChI is InChI=1S/C43H82F3NO7/c1-3-4-5-6-7-8-9-10-11-12-16-19-22-29-36(49)35(32-53-42-41(52)40(51)39(50)37(31-48)54-42)47-38(43(44,45)46)30-23-20-17-14-13-15-18-21-27-34-28-25-24-26-33(34)2/h33-42,47-52H,3-32H2,1-2H3/t33-,34-,35-,36+,37?,38?,39?,40?,41?,42?/m0/s1. The smallest absolute Gasteiger partial charge is 0.394 e. The Morgan fingerprint density at radius 2 is 1.19 bits per heavy atom. The Bertz CT molecular complexity index is 884. The van der Waals surface area contributed by atoms with Crippen LogP contribution in [-0.4, -0.2) is 93.8 Å². The molecular formula is C43H82F3NO7. The van der Waals surface area contributed by atoms with Gasteiger partial charge in [-0.2, -0.15) is 13.2 Å². The molecule has 2 rings (SSSR count). The minimum Gasteiger partial charge on any atom is -0.394 e. The van der Waals surface area contributed by atoms with Crippen molar-refractivity contribution in [3.05, 3.63) is 0 Å². The summed E-state index contributed by atoms with van der Waals surface area (Å²) >= 11 is 0. The van der Waals surface area contributed by atoms with Gasteiger partial charge in [0.25, 0.3) is 0 Å². The number of hydrogen-bond donors (Lipinski definition) is 6. The maximum atomic E-state index is 14.3. The lowest BCUT2D eigenvalue weighted by atomic mass is 9.78. The fourth-order valence-electron chi connectivity index (χ4n) is 8.48. The molecule has 10 atom stereocenters. The summed E-state index contributed by atoms with van der Waals surface area (Å²) in [7, 11) is 0. The van der Waals surface area contributed by atoms with E-state index in [-0.39, 0.29) is 12.8 Å². The van der Waals surface area contributed by atoms with Gasteiger partial charge in [-0.3, -0.25) is 5.32 Å². The van der Waals surface area contributed by atoms with Crippen LogP contribution in [0.3, 0.4) is 0 Å². The number of aliphatic hydroxyl groups is 5. The lowest BCUT2D eigenvalue weighted by molar-refractivity contribution is -0.303. The number of hydrogen-bond acceptors (Lipinski definition) is 8. The number of unbranched alkanes of at least 4 members (excludes halogenated alkanes) is 19. The average molecular weight is 782 g/mol. The summed E-state index contributed by atoms with van der Waals surface area (Å²) in [5, 5.41) is 54.0. The SMILES string of the molecule is CCCCCCCCCCCCCCC[C@@H](O)[C@H](COC1OC(CO)C(O)C(O)C1O)NC(CCCCCCCCCC[C@H]1CCCC[C@@H]1C)C(F)(F)F. The summed E-state index contributed by atoms with van der Waals surface area (Å²) in [5.74, 6) is 1.74. The molecule has 2 fully saturated rings. The van der Waals surface area contributed by atoms with Crippen LogP contribution >= 0.6 is 0 Å². The Labute approximate surface area is 326 Å². The molecule has 0 aromatic carbocycles. The molecule has 322 valence electrons. The van der Waals surface area contributed by atoms with Gasteiger partial charge in [0, 0.05) is 0 Å². The van der Waals surface area contributed by atoms with Crippen molar-refractivity contribution in [1.29, 1.82) is 0 Å². The number of rotatable bonds is 32. The Balaban J connectivity index is 1.79. The highest BCUT2D eigenvalue weighted by atomic mass is 19.4. The first kappa shape index (κ1) is 49.6. The van der Waals surface area contributed by atoms with Crippen molar-refractivity contribution < 1.29 is 48.2 Å². The van der Waals surface area contributed by atoms with Gasteiger partial charge in [-0.05, 0) is 24.7 Å². The van der Waals surface area contributed by atoms with Crippen LogP contribution in [0.1, 0.15) is 194 Å². The van der Waals surface area contributed by atoms with Crippen molar-refractivity contribution in [2.75, 3.05) is 13.2 Å². The first-order valence-electron chi connectivity index (χ1n) is 22.4. The topological polar surface area (TPSA) is 132 Å². The van der Waals surface area contributed by atoms with Crippen molar-refractivity contribution >= 4 is 0 Å². The fraction of sp³-hybridized carbons (Fsp3) is 1.00. The maximum Gasteiger partial charge on any atom is 0.403 e. The van der Waals surface area contributed by atoms with E-state index in [0.717, 1.165) is 50.4 Å². The first-order valence-corrected chi connectivity index (χ1v) is 22.4. The normalized spacial score (nSPS) is 26.9. The molecule has 8 nitrogen and oxygen atoms in total. The average Bonchev–Trinajstić information content (AvgIpc) is 3.14. The van der Waals surface area contributed by atoms with E-state index in [4.69, 9.17) is 9.47 Å². The number of alkyl halides is 3. The van der Waals surface area contributed by atoms with Crippen molar-refractivity contribution in [2.45, 2.75) is 249 Å². The third-order valence-electron chi connectivity index (χ3n) is 12.3. The molecule has 0 amide bonds. The number of aliphatic hydroxyl groups excluding tert-OH is 5. The second kappa shape index (κ2) is 29.6. The zero-order chi connectivity index (χ0) is 39.6. The van der Waals surface area contributed by atoms with E-state index in [1.54, 1.807) is 0 Å². The molecule has 6 unspecified atom stereocenters. The first-order chi connectivity index (χ1) is 26.0. The summed E-state index contributed by atoms with van der Waals surface area (Å²) < 4.78 is 54.1. The molecule has 11 heteroatoms. The highest BCUT2D eigenvalue weighted by molar-refractivity contribution is 4.90. The monoisotopic (exact) mass is 782 g/mol. The van der Waals surface area contributed by atoms with Crippen LogP contribution in [0.4, 0.5) is 13.2 Å². The van der Waals surface area contributed by atoms with E-state index in [2.05, 4.69) is 19.2 Å². The highest BCUT2D eigenvalue weighted by Gasteiger charge is 2.45. The van der Waals surface area contributed by atoms with E-state index in [1.165, 1.54) is 109 Å². The molecule has 0 bridgehead atoms. The molecule has 1 saturated heterocycles. The molecular weight excluding hydrogens is 699 g/mol. The van der Waals surface area contributed by atoms with Crippen LogP contribution in [-0.2, 0) is 9.47 Å². The Morgan fingerprint density at radius 3 is 1.70 bits per heavy atom. The van der Waals surface area contributed by atoms with Gasteiger partial charge in [0.2, 0.25) is 0 Å². The molecule has 1 saturated carbocycles. The summed E-state index contributed by atoms with van der Waals surface area (Å²) in [6, 6.07) is -2.96.